The molecule has 0 aliphatic rings. The Morgan fingerprint density at radius 3 is 2.50 bits per heavy atom. The molecule has 0 atom stereocenters. The fourth-order valence-corrected chi connectivity index (χ4v) is 3.87. The summed E-state index contributed by atoms with van der Waals surface area (Å²) in [6.07, 6.45) is 0. The monoisotopic (exact) mass is 433 g/mol. The van der Waals surface area contributed by atoms with Gasteiger partial charge in [0, 0.05) is 27.7 Å². The number of ether oxygens (including phenoxy) is 1. The topological polar surface area (TPSA) is 35.3 Å². The Hall–Kier alpha value is -3.01. The summed E-state index contributed by atoms with van der Waals surface area (Å²) in [7, 11) is 0. The average Bonchev–Trinajstić information content (AvgIpc) is 3.21. The molecule has 30 heavy (non-hydrogen) atoms. The molecular formula is C25H17Cl2NO2. The van der Waals surface area contributed by atoms with Crippen LogP contribution in [0.3, 0.4) is 0 Å². The summed E-state index contributed by atoms with van der Waals surface area (Å²) in [6.45, 7) is 0.453. The zero-order valence-corrected chi connectivity index (χ0v) is 17.5. The molecule has 0 saturated heterocycles. The maximum Gasteiger partial charge on any atom is 0.153 e. The minimum absolute atomic E-state index is 0.453. The van der Waals surface area contributed by atoms with Crippen LogP contribution < -0.4 is 4.74 Å². The number of nitrogens with zero attached hydrogens (tertiary/aromatic N) is 1. The van der Waals surface area contributed by atoms with E-state index in [9.17, 15) is 0 Å². The van der Waals surface area contributed by atoms with Crippen LogP contribution >= 0.6 is 23.2 Å². The lowest BCUT2D eigenvalue weighted by molar-refractivity contribution is 0.305. The van der Waals surface area contributed by atoms with Gasteiger partial charge in [0.25, 0.3) is 0 Å². The van der Waals surface area contributed by atoms with E-state index in [-0.39, 0.29) is 0 Å². The normalized spacial score (nSPS) is 11.3. The summed E-state index contributed by atoms with van der Waals surface area (Å²) in [6, 6.07) is 25.5. The van der Waals surface area contributed by atoms with E-state index >= 15 is 0 Å². The van der Waals surface area contributed by atoms with Crippen molar-refractivity contribution in [1.29, 1.82) is 0 Å². The van der Waals surface area contributed by atoms with E-state index in [1.54, 1.807) is 0 Å². The molecule has 0 aliphatic heterocycles. The van der Waals surface area contributed by atoms with Crippen LogP contribution in [0.15, 0.2) is 83.3 Å². The van der Waals surface area contributed by atoms with Gasteiger partial charge >= 0.3 is 0 Å². The molecule has 0 spiro atoms. The summed E-state index contributed by atoms with van der Waals surface area (Å²) in [5, 5.41) is 2.69. The Morgan fingerprint density at radius 1 is 0.833 bits per heavy atom. The number of fused-ring (bicyclic) bond motifs is 2. The predicted molar refractivity (Wildman–Crippen MR) is 122 cm³/mol. The number of hydrogen-bond acceptors (Lipinski definition) is 3. The average molecular weight is 434 g/mol. The minimum atomic E-state index is 0.453. The smallest absolute Gasteiger partial charge is 0.153 e. The van der Waals surface area contributed by atoms with E-state index in [0.29, 0.717) is 23.3 Å². The highest BCUT2D eigenvalue weighted by atomic mass is 35.5. The van der Waals surface area contributed by atoms with Crippen LogP contribution in [0.1, 0.15) is 11.1 Å². The van der Waals surface area contributed by atoms with Gasteiger partial charge in [0.05, 0.1) is 5.52 Å². The molecule has 0 N–H and O–H groups in total. The third kappa shape index (κ3) is 3.74. The third-order valence-corrected chi connectivity index (χ3v) is 5.58. The summed E-state index contributed by atoms with van der Waals surface area (Å²) in [5.74, 6) is 1.91. The number of halogens is 2. The molecule has 5 rings (SSSR count). The van der Waals surface area contributed by atoms with E-state index in [1.165, 1.54) is 0 Å². The van der Waals surface area contributed by atoms with Crippen LogP contribution in [0.5, 0.6) is 5.75 Å². The molecule has 3 nitrogen and oxygen atoms in total. The van der Waals surface area contributed by atoms with E-state index in [4.69, 9.17) is 37.3 Å². The molecule has 2 heterocycles. The molecule has 0 fully saturated rings. The molecule has 0 unspecified atom stereocenters. The second kappa shape index (κ2) is 8.02. The number of alkyl halides is 1. The molecule has 0 radical (unpaired) electrons. The Balaban J connectivity index is 1.42. The Labute approximate surface area is 183 Å². The van der Waals surface area contributed by atoms with Crippen LogP contribution in [0.25, 0.3) is 33.3 Å². The van der Waals surface area contributed by atoms with Crippen molar-refractivity contribution < 1.29 is 9.15 Å². The molecule has 148 valence electrons. The Morgan fingerprint density at radius 2 is 1.63 bits per heavy atom. The SMILES string of the molecule is ClCc1ccccc1COc1ccc2cc(-c3ccc4ccc(Cl)cc4n3)oc2c1. The lowest BCUT2D eigenvalue weighted by Crippen LogP contribution is -1.98. The van der Waals surface area contributed by atoms with Gasteiger partial charge in [0.15, 0.2) is 5.76 Å². The molecule has 0 aliphatic carbocycles. The van der Waals surface area contributed by atoms with E-state index in [2.05, 4.69) is 0 Å². The van der Waals surface area contributed by atoms with Crippen LogP contribution in [0.2, 0.25) is 5.02 Å². The minimum Gasteiger partial charge on any atom is -0.489 e. The van der Waals surface area contributed by atoms with Crippen molar-refractivity contribution in [2.24, 2.45) is 0 Å². The maximum atomic E-state index is 6.11. The van der Waals surface area contributed by atoms with Gasteiger partial charge in [0.2, 0.25) is 0 Å². The first-order chi connectivity index (χ1) is 14.7. The summed E-state index contributed by atoms with van der Waals surface area (Å²) < 4.78 is 12.1. The van der Waals surface area contributed by atoms with Crippen LogP contribution in [-0.4, -0.2) is 4.98 Å². The molecule has 3 aromatic carbocycles. The highest BCUT2D eigenvalue weighted by Gasteiger charge is 2.10. The van der Waals surface area contributed by atoms with Crippen LogP contribution in [-0.2, 0) is 12.5 Å². The quantitative estimate of drug-likeness (QED) is 0.267. The highest BCUT2D eigenvalue weighted by Crippen LogP contribution is 2.31. The van der Waals surface area contributed by atoms with Crippen molar-refractivity contribution in [3.05, 3.63) is 95.0 Å². The largest absolute Gasteiger partial charge is 0.489 e. The number of furan rings is 1. The van der Waals surface area contributed by atoms with Crippen molar-refractivity contribution in [2.45, 2.75) is 12.5 Å². The van der Waals surface area contributed by atoms with Gasteiger partial charge in [-0.15, -0.1) is 11.6 Å². The van der Waals surface area contributed by atoms with Gasteiger partial charge in [-0.2, -0.15) is 0 Å². The molecule has 5 aromatic rings. The van der Waals surface area contributed by atoms with Gasteiger partial charge in [-0.3, -0.25) is 0 Å². The number of hydrogen-bond donors (Lipinski definition) is 0. The summed E-state index contributed by atoms with van der Waals surface area (Å²) in [4.78, 5) is 4.70. The van der Waals surface area contributed by atoms with Gasteiger partial charge in [-0.25, -0.2) is 4.98 Å². The van der Waals surface area contributed by atoms with Gasteiger partial charge in [-0.1, -0.05) is 48.0 Å². The molecule has 5 heteroatoms. The fraction of sp³-hybridized carbons (Fsp3) is 0.0800. The van der Waals surface area contributed by atoms with Crippen molar-refractivity contribution in [3.8, 4) is 17.2 Å². The van der Waals surface area contributed by atoms with Crippen molar-refractivity contribution in [1.82, 2.24) is 4.98 Å². The van der Waals surface area contributed by atoms with E-state index < -0.39 is 0 Å². The van der Waals surface area contributed by atoms with Crippen molar-refractivity contribution in [3.63, 3.8) is 0 Å². The van der Waals surface area contributed by atoms with Gasteiger partial charge in [0.1, 0.15) is 23.6 Å². The zero-order chi connectivity index (χ0) is 20.5. The first kappa shape index (κ1) is 19.0. The van der Waals surface area contributed by atoms with Crippen LogP contribution in [0, 0.1) is 0 Å². The fourth-order valence-electron chi connectivity index (χ4n) is 3.44. The lowest BCUT2D eigenvalue weighted by atomic mass is 10.1. The van der Waals surface area contributed by atoms with Crippen LogP contribution in [0.4, 0.5) is 0 Å². The van der Waals surface area contributed by atoms with Gasteiger partial charge in [-0.05, 0) is 47.5 Å². The summed E-state index contributed by atoms with van der Waals surface area (Å²) >= 11 is 12.1. The molecular weight excluding hydrogens is 417 g/mol. The Kier molecular flexibility index (Phi) is 5.07. The van der Waals surface area contributed by atoms with E-state index in [1.807, 2.05) is 78.9 Å². The number of aromatic nitrogens is 1. The zero-order valence-electron chi connectivity index (χ0n) is 15.9. The first-order valence-electron chi connectivity index (χ1n) is 9.55. The number of rotatable bonds is 5. The number of benzene rings is 3. The molecule has 2 aromatic heterocycles. The molecule has 0 saturated carbocycles. The van der Waals surface area contributed by atoms with Crippen molar-refractivity contribution in [2.75, 3.05) is 0 Å². The second-order valence-corrected chi connectivity index (χ2v) is 7.74. The predicted octanol–water partition coefficient (Wildman–Crippen LogP) is 7.62. The standard InChI is InChI=1S/C25H17Cl2NO2/c26-14-18-3-1-2-4-19(18)15-29-21-9-6-17-11-25(30-24(17)13-21)22-10-7-16-5-8-20(27)12-23(16)28-22/h1-13H,14-15H2. The maximum absolute atomic E-state index is 6.11. The molecule has 0 bridgehead atoms. The first-order valence-corrected chi connectivity index (χ1v) is 10.5. The Bertz CT molecular complexity index is 1360. The molecule has 0 amide bonds. The van der Waals surface area contributed by atoms with E-state index in [0.717, 1.165) is 44.4 Å². The van der Waals surface area contributed by atoms with Gasteiger partial charge < -0.3 is 9.15 Å². The highest BCUT2D eigenvalue weighted by molar-refractivity contribution is 6.31. The third-order valence-electron chi connectivity index (χ3n) is 5.05. The number of pyridine rings is 1. The van der Waals surface area contributed by atoms with Crippen molar-refractivity contribution >= 4 is 45.1 Å². The summed E-state index contributed by atoms with van der Waals surface area (Å²) in [5.41, 5.74) is 4.50. The second-order valence-electron chi connectivity index (χ2n) is 7.03. The lowest BCUT2D eigenvalue weighted by Gasteiger charge is -2.09.